The number of nitro benzene ring substituents is 1. The van der Waals surface area contributed by atoms with Crippen LogP contribution in [0.3, 0.4) is 0 Å². The van der Waals surface area contributed by atoms with Crippen LogP contribution in [0.25, 0.3) is 0 Å². The molecule has 0 radical (unpaired) electrons. The first-order chi connectivity index (χ1) is 11.0. The van der Waals surface area contributed by atoms with Gasteiger partial charge < -0.3 is 10.1 Å². The van der Waals surface area contributed by atoms with Crippen molar-refractivity contribution in [1.82, 2.24) is 5.32 Å². The zero-order valence-corrected chi connectivity index (χ0v) is 12.5. The van der Waals surface area contributed by atoms with Crippen LogP contribution in [0.1, 0.15) is 10.4 Å². The van der Waals surface area contributed by atoms with Crippen LogP contribution in [0.4, 0.5) is 10.1 Å². The first kappa shape index (κ1) is 16.7. The summed E-state index contributed by atoms with van der Waals surface area (Å²) in [5, 5.41) is 13.3. The van der Waals surface area contributed by atoms with E-state index in [4.69, 9.17) is 16.3 Å². The molecular formula is C15H12ClFN2O4. The average molecular weight is 339 g/mol. The molecule has 8 heteroatoms. The van der Waals surface area contributed by atoms with Crippen molar-refractivity contribution in [3.05, 3.63) is 69.0 Å². The van der Waals surface area contributed by atoms with Crippen LogP contribution in [-0.2, 0) is 0 Å². The van der Waals surface area contributed by atoms with Crippen molar-refractivity contribution < 1.29 is 18.8 Å². The van der Waals surface area contributed by atoms with Crippen LogP contribution in [0.15, 0.2) is 42.5 Å². The number of rotatable bonds is 6. The fourth-order valence-electron chi connectivity index (χ4n) is 1.76. The molecule has 2 aromatic rings. The molecule has 0 aliphatic rings. The van der Waals surface area contributed by atoms with Gasteiger partial charge in [-0.05, 0) is 36.4 Å². The Hall–Kier alpha value is -2.67. The molecule has 0 saturated heterocycles. The van der Waals surface area contributed by atoms with E-state index in [2.05, 4.69) is 5.32 Å². The second kappa shape index (κ2) is 7.55. The maximum Gasteiger partial charge on any atom is 0.288 e. The third-order valence-electron chi connectivity index (χ3n) is 2.88. The van der Waals surface area contributed by atoms with Gasteiger partial charge in [0.2, 0.25) is 0 Å². The van der Waals surface area contributed by atoms with E-state index in [-0.39, 0.29) is 35.2 Å². The maximum atomic E-state index is 12.7. The molecule has 0 aliphatic carbocycles. The summed E-state index contributed by atoms with van der Waals surface area (Å²) in [5.41, 5.74) is -0.204. The van der Waals surface area contributed by atoms with Crippen LogP contribution in [0, 0.1) is 15.9 Å². The van der Waals surface area contributed by atoms with Crippen molar-refractivity contribution in [2.24, 2.45) is 0 Å². The Kier molecular flexibility index (Phi) is 5.48. The normalized spacial score (nSPS) is 10.2. The highest BCUT2D eigenvalue weighted by atomic mass is 35.5. The molecule has 2 rings (SSSR count). The number of halogens is 2. The highest BCUT2D eigenvalue weighted by molar-refractivity contribution is 6.32. The van der Waals surface area contributed by atoms with Crippen LogP contribution in [-0.4, -0.2) is 24.0 Å². The number of carbonyl (C=O) groups excluding carboxylic acids is 1. The Bertz CT molecular complexity index is 722. The summed E-state index contributed by atoms with van der Waals surface area (Å²) >= 11 is 5.68. The topological polar surface area (TPSA) is 81.5 Å². The van der Waals surface area contributed by atoms with Gasteiger partial charge in [0.1, 0.15) is 23.2 Å². The maximum absolute atomic E-state index is 12.7. The van der Waals surface area contributed by atoms with Gasteiger partial charge in [-0.2, -0.15) is 0 Å². The lowest BCUT2D eigenvalue weighted by Crippen LogP contribution is -2.28. The number of benzene rings is 2. The lowest BCUT2D eigenvalue weighted by Gasteiger charge is -2.08. The SMILES string of the molecule is O=C(NCCOc1ccc(F)cc1)c1ccc(Cl)c([N+](=O)[O-])c1. The molecule has 0 heterocycles. The molecule has 1 amide bonds. The Morgan fingerprint density at radius 3 is 2.61 bits per heavy atom. The molecule has 1 N–H and O–H groups in total. The third-order valence-corrected chi connectivity index (χ3v) is 3.19. The minimum absolute atomic E-state index is 0.0359. The fraction of sp³-hybridized carbons (Fsp3) is 0.133. The van der Waals surface area contributed by atoms with Gasteiger partial charge in [-0.1, -0.05) is 11.6 Å². The average Bonchev–Trinajstić information content (AvgIpc) is 2.53. The van der Waals surface area contributed by atoms with Gasteiger partial charge in [-0.3, -0.25) is 14.9 Å². The van der Waals surface area contributed by atoms with Crippen LogP contribution in [0.5, 0.6) is 5.75 Å². The van der Waals surface area contributed by atoms with Crippen molar-refractivity contribution in [3.63, 3.8) is 0 Å². The highest BCUT2D eigenvalue weighted by Crippen LogP contribution is 2.24. The van der Waals surface area contributed by atoms with Crippen molar-refractivity contribution >= 4 is 23.2 Å². The smallest absolute Gasteiger partial charge is 0.288 e. The number of amides is 1. The largest absolute Gasteiger partial charge is 0.492 e. The summed E-state index contributed by atoms with van der Waals surface area (Å²) in [5.74, 6) is -0.370. The second-order valence-electron chi connectivity index (χ2n) is 4.48. The minimum atomic E-state index is -0.656. The van der Waals surface area contributed by atoms with E-state index in [0.717, 1.165) is 6.07 Å². The molecule has 120 valence electrons. The van der Waals surface area contributed by atoms with Gasteiger partial charge in [0.05, 0.1) is 11.5 Å². The Labute approximate surface area is 136 Å². The molecule has 0 aliphatic heterocycles. The summed E-state index contributed by atoms with van der Waals surface area (Å²) in [6.07, 6.45) is 0. The van der Waals surface area contributed by atoms with Crippen molar-refractivity contribution in [2.75, 3.05) is 13.2 Å². The lowest BCUT2D eigenvalue weighted by molar-refractivity contribution is -0.384. The van der Waals surface area contributed by atoms with E-state index in [1.54, 1.807) is 0 Å². The number of hydrogen-bond acceptors (Lipinski definition) is 4. The number of nitrogens with one attached hydrogen (secondary N) is 1. The summed E-state index contributed by atoms with van der Waals surface area (Å²) in [4.78, 5) is 22.0. The molecule has 0 fully saturated rings. The van der Waals surface area contributed by atoms with Gasteiger partial charge in [0, 0.05) is 11.6 Å². The van der Waals surface area contributed by atoms with Gasteiger partial charge in [0.15, 0.2) is 0 Å². The number of ether oxygens (including phenoxy) is 1. The minimum Gasteiger partial charge on any atom is -0.492 e. The zero-order valence-electron chi connectivity index (χ0n) is 11.8. The summed E-state index contributed by atoms with van der Waals surface area (Å²) in [6, 6.07) is 9.27. The predicted octanol–water partition coefficient (Wildman–Crippen LogP) is 3.20. The van der Waals surface area contributed by atoms with Gasteiger partial charge in [0.25, 0.3) is 11.6 Å². The molecule has 23 heavy (non-hydrogen) atoms. The monoisotopic (exact) mass is 338 g/mol. The van der Waals surface area contributed by atoms with Gasteiger partial charge in [-0.15, -0.1) is 0 Å². The van der Waals surface area contributed by atoms with E-state index in [0.29, 0.717) is 5.75 Å². The fourth-order valence-corrected chi connectivity index (χ4v) is 1.95. The van der Waals surface area contributed by atoms with Crippen LogP contribution >= 0.6 is 11.6 Å². The van der Waals surface area contributed by atoms with E-state index in [1.165, 1.54) is 36.4 Å². The van der Waals surface area contributed by atoms with E-state index in [9.17, 15) is 19.3 Å². The Morgan fingerprint density at radius 1 is 1.26 bits per heavy atom. The van der Waals surface area contributed by atoms with Gasteiger partial charge >= 0.3 is 0 Å². The molecule has 0 unspecified atom stereocenters. The van der Waals surface area contributed by atoms with E-state index in [1.807, 2.05) is 0 Å². The Balaban J connectivity index is 1.86. The first-order valence-electron chi connectivity index (χ1n) is 6.58. The van der Waals surface area contributed by atoms with Crippen molar-refractivity contribution in [1.29, 1.82) is 0 Å². The number of hydrogen-bond donors (Lipinski definition) is 1. The summed E-state index contributed by atoms with van der Waals surface area (Å²) in [7, 11) is 0. The first-order valence-corrected chi connectivity index (χ1v) is 6.95. The van der Waals surface area contributed by atoms with Crippen molar-refractivity contribution in [3.8, 4) is 5.75 Å². The number of nitro groups is 1. The van der Waals surface area contributed by atoms with E-state index >= 15 is 0 Å². The second-order valence-corrected chi connectivity index (χ2v) is 4.89. The Morgan fingerprint density at radius 2 is 1.96 bits per heavy atom. The molecule has 0 spiro atoms. The highest BCUT2D eigenvalue weighted by Gasteiger charge is 2.15. The molecule has 0 bridgehead atoms. The summed E-state index contributed by atoms with van der Waals surface area (Å²) in [6.45, 7) is 0.361. The van der Waals surface area contributed by atoms with Crippen LogP contribution in [0.2, 0.25) is 5.02 Å². The van der Waals surface area contributed by atoms with Crippen molar-refractivity contribution in [2.45, 2.75) is 0 Å². The standard InChI is InChI=1S/C15H12ClFN2O4/c16-13-6-1-10(9-14(13)19(21)22)15(20)18-7-8-23-12-4-2-11(17)3-5-12/h1-6,9H,7-8H2,(H,18,20). The molecule has 0 saturated carbocycles. The van der Waals surface area contributed by atoms with E-state index < -0.39 is 10.8 Å². The molecule has 2 aromatic carbocycles. The zero-order chi connectivity index (χ0) is 16.8. The van der Waals surface area contributed by atoms with Crippen LogP contribution < -0.4 is 10.1 Å². The lowest BCUT2D eigenvalue weighted by atomic mass is 10.2. The summed E-state index contributed by atoms with van der Waals surface area (Å²) < 4.78 is 18.0. The molecular weight excluding hydrogens is 327 g/mol. The quantitative estimate of drug-likeness (QED) is 0.498. The third kappa shape index (κ3) is 4.65. The molecule has 0 atom stereocenters. The molecule has 6 nitrogen and oxygen atoms in total. The predicted molar refractivity (Wildman–Crippen MR) is 82.3 cm³/mol. The number of nitrogens with zero attached hydrogens (tertiary/aromatic N) is 1. The number of carbonyl (C=O) groups is 1. The van der Waals surface area contributed by atoms with Gasteiger partial charge in [-0.25, -0.2) is 4.39 Å². The molecule has 0 aromatic heterocycles.